The van der Waals surface area contributed by atoms with Crippen molar-refractivity contribution in [1.82, 2.24) is 0 Å². The number of aromatic hydroxyl groups is 1. The van der Waals surface area contributed by atoms with Crippen molar-refractivity contribution < 1.29 is 14.7 Å². The molecule has 1 heterocycles. The van der Waals surface area contributed by atoms with Crippen LogP contribution in [0.15, 0.2) is 53.7 Å². The molecule has 0 radical (unpaired) electrons. The lowest BCUT2D eigenvalue weighted by molar-refractivity contribution is -0.125. The van der Waals surface area contributed by atoms with Crippen molar-refractivity contribution in [2.45, 2.75) is 12.5 Å². The standard InChI is InChI=1S/C16H13ClN2O3/c17-13-7-2-1-6-12(13)14-9-15(22-19-14)16(21)18-10-4-3-5-11(20)8-10/h1-8,15,20H,9H2,(H,18,21)/t15-/m0/s1. The molecule has 3 rings (SSSR count). The molecule has 1 atom stereocenters. The van der Waals surface area contributed by atoms with Crippen LogP contribution in [-0.2, 0) is 9.63 Å². The molecule has 22 heavy (non-hydrogen) atoms. The lowest BCUT2D eigenvalue weighted by Gasteiger charge is -2.09. The number of carbonyl (C=O) groups excluding carboxylic acids is 1. The van der Waals surface area contributed by atoms with E-state index in [9.17, 15) is 9.90 Å². The summed E-state index contributed by atoms with van der Waals surface area (Å²) in [6, 6.07) is 13.6. The number of benzene rings is 2. The molecule has 0 bridgehead atoms. The summed E-state index contributed by atoms with van der Waals surface area (Å²) >= 11 is 6.11. The van der Waals surface area contributed by atoms with Gasteiger partial charge in [-0.1, -0.05) is 41.0 Å². The number of carbonyl (C=O) groups is 1. The normalized spacial score (nSPS) is 16.8. The third kappa shape index (κ3) is 3.04. The molecular formula is C16H13ClN2O3. The van der Waals surface area contributed by atoms with Gasteiger partial charge in [0.1, 0.15) is 5.75 Å². The SMILES string of the molecule is O=C(Nc1cccc(O)c1)[C@@H]1CC(c2ccccc2Cl)=NO1. The Morgan fingerprint density at radius 2 is 2.09 bits per heavy atom. The van der Waals surface area contributed by atoms with Gasteiger partial charge in [-0.2, -0.15) is 0 Å². The highest BCUT2D eigenvalue weighted by Crippen LogP contribution is 2.24. The fourth-order valence-electron chi connectivity index (χ4n) is 2.18. The average Bonchev–Trinajstić information content (AvgIpc) is 2.97. The van der Waals surface area contributed by atoms with Gasteiger partial charge in [0.25, 0.3) is 5.91 Å². The van der Waals surface area contributed by atoms with Crippen LogP contribution in [0.25, 0.3) is 0 Å². The van der Waals surface area contributed by atoms with E-state index in [4.69, 9.17) is 16.4 Å². The highest BCUT2D eigenvalue weighted by atomic mass is 35.5. The van der Waals surface area contributed by atoms with Gasteiger partial charge in [0.2, 0.25) is 6.10 Å². The van der Waals surface area contributed by atoms with Gasteiger partial charge in [-0.05, 0) is 18.2 Å². The van der Waals surface area contributed by atoms with Crippen molar-refractivity contribution in [3.63, 3.8) is 0 Å². The Bertz CT molecular complexity index is 746. The second kappa shape index (κ2) is 6.07. The van der Waals surface area contributed by atoms with Crippen LogP contribution in [0.3, 0.4) is 0 Å². The molecule has 0 fully saturated rings. The zero-order chi connectivity index (χ0) is 15.5. The highest BCUT2D eigenvalue weighted by Gasteiger charge is 2.29. The van der Waals surface area contributed by atoms with Crippen LogP contribution in [0.4, 0.5) is 5.69 Å². The van der Waals surface area contributed by atoms with Crippen LogP contribution < -0.4 is 5.32 Å². The molecule has 5 nitrogen and oxygen atoms in total. The first-order valence-corrected chi connectivity index (χ1v) is 7.09. The maximum absolute atomic E-state index is 12.2. The fraction of sp³-hybridized carbons (Fsp3) is 0.125. The number of phenols is 1. The quantitative estimate of drug-likeness (QED) is 0.913. The number of hydrogen-bond donors (Lipinski definition) is 2. The number of hydrogen-bond acceptors (Lipinski definition) is 4. The number of oxime groups is 1. The predicted octanol–water partition coefficient (Wildman–Crippen LogP) is 3.18. The van der Waals surface area contributed by atoms with Gasteiger partial charge >= 0.3 is 0 Å². The summed E-state index contributed by atoms with van der Waals surface area (Å²) in [5.41, 5.74) is 1.90. The summed E-state index contributed by atoms with van der Waals surface area (Å²) in [5.74, 6) is -0.241. The molecule has 2 aromatic rings. The predicted molar refractivity (Wildman–Crippen MR) is 84.2 cm³/mol. The molecular weight excluding hydrogens is 304 g/mol. The van der Waals surface area contributed by atoms with Gasteiger partial charge in [-0.3, -0.25) is 4.79 Å². The van der Waals surface area contributed by atoms with Gasteiger partial charge in [-0.15, -0.1) is 0 Å². The molecule has 0 saturated carbocycles. The maximum atomic E-state index is 12.2. The number of amides is 1. The Balaban J connectivity index is 1.67. The Labute approximate surface area is 132 Å². The summed E-state index contributed by atoms with van der Waals surface area (Å²) in [5, 5.41) is 16.6. The van der Waals surface area contributed by atoms with Crippen LogP contribution >= 0.6 is 11.6 Å². The van der Waals surface area contributed by atoms with E-state index in [1.165, 1.54) is 12.1 Å². The molecule has 1 amide bonds. The van der Waals surface area contributed by atoms with Crippen LogP contribution in [0.5, 0.6) is 5.75 Å². The van der Waals surface area contributed by atoms with Crippen LogP contribution in [0, 0.1) is 0 Å². The van der Waals surface area contributed by atoms with Crippen LogP contribution in [0.1, 0.15) is 12.0 Å². The lowest BCUT2D eigenvalue weighted by Crippen LogP contribution is -2.28. The van der Waals surface area contributed by atoms with Crippen molar-refractivity contribution in [1.29, 1.82) is 0 Å². The minimum absolute atomic E-state index is 0.0816. The average molecular weight is 317 g/mol. The van der Waals surface area contributed by atoms with E-state index in [1.807, 2.05) is 18.2 Å². The zero-order valence-corrected chi connectivity index (χ0v) is 12.2. The van der Waals surface area contributed by atoms with Crippen molar-refractivity contribution in [2.24, 2.45) is 5.16 Å². The molecule has 112 valence electrons. The Hall–Kier alpha value is -2.53. The number of phenolic OH excluding ortho intramolecular Hbond substituents is 1. The second-order valence-electron chi connectivity index (χ2n) is 4.86. The lowest BCUT2D eigenvalue weighted by atomic mass is 10.0. The minimum atomic E-state index is -0.714. The van der Waals surface area contributed by atoms with Gasteiger partial charge in [0.05, 0.1) is 5.71 Å². The fourth-order valence-corrected chi connectivity index (χ4v) is 2.42. The summed E-state index contributed by atoms with van der Waals surface area (Å²) in [4.78, 5) is 17.4. The van der Waals surface area contributed by atoms with E-state index in [2.05, 4.69) is 10.5 Å². The molecule has 0 spiro atoms. The Morgan fingerprint density at radius 1 is 1.27 bits per heavy atom. The molecule has 2 N–H and O–H groups in total. The molecule has 6 heteroatoms. The third-order valence-electron chi connectivity index (χ3n) is 3.26. The van der Waals surface area contributed by atoms with Gasteiger partial charge in [-0.25, -0.2) is 0 Å². The van der Waals surface area contributed by atoms with Gasteiger partial charge in [0, 0.05) is 28.8 Å². The van der Waals surface area contributed by atoms with Crippen molar-refractivity contribution >= 4 is 28.9 Å². The summed E-state index contributed by atoms with van der Waals surface area (Å²) in [6.45, 7) is 0. The monoisotopic (exact) mass is 316 g/mol. The second-order valence-corrected chi connectivity index (χ2v) is 5.26. The van der Waals surface area contributed by atoms with E-state index in [0.717, 1.165) is 5.56 Å². The van der Waals surface area contributed by atoms with Crippen LogP contribution in [0.2, 0.25) is 5.02 Å². The topological polar surface area (TPSA) is 70.9 Å². The zero-order valence-electron chi connectivity index (χ0n) is 11.5. The molecule has 0 unspecified atom stereocenters. The number of nitrogens with zero attached hydrogens (tertiary/aromatic N) is 1. The van der Waals surface area contributed by atoms with Crippen molar-refractivity contribution in [2.75, 3.05) is 5.32 Å². The van der Waals surface area contributed by atoms with E-state index < -0.39 is 6.10 Å². The number of anilines is 1. The first-order chi connectivity index (χ1) is 10.6. The molecule has 0 aliphatic carbocycles. The number of rotatable bonds is 3. The maximum Gasteiger partial charge on any atom is 0.268 e. The Kier molecular flexibility index (Phi) is 3.98. The molecule has 1 aliphatic heterocycles. The first-order valence-electron chi connectivity index (χ1n) is 6.71. The van der Waals surface area contributed by atoms with E-state index in [-0.39, 0.29) is 11.7 Å². The van der Waals surface area contributed by atoms with E-state index in [1.54, 1.807) is 18.2 Å². The third-order valence-corrected chi connectivity index (χ3v) is 3.59. The number of halogens is 1. The highest BCUT2D eigenvalue weighted by molar-refractivity contribution is 6.34. The van der Waals surface area contributed by atoms with Crippen LogP contribution in [-0.4, -0.2) is 22.8 Å². The number of nitrogens with one attached hydrogen (secondary N) is 1. The van der Waals surface area contributed by atoms with Crippen molar-refractivity contribution in [3.8, 4) is 5.75 Å². The van der Waals surface area contributed by atoms with Gasteiger partial charge < -0.3 is 15.3 Å². The summed E-state index contributed by atoms with van der Waals surface area (Å²) in [7, 11) is 0. The Morgan fingerprint density at radius 3 is 2.86 bits per heavy atom. The smallest absolute Gasteiger partial charge is 0.268 e. The van der Waals surface area contributed by atoms with E-state index in [0.29, 0.717) is 22.8 Å². The summed E-state index contributed by atoms with van der Waals surface area (Å²) < 4.78 is 0. The molecule has 0 aromatic heterocycles. The molecule has 1 aliphatic rings. The van der Waals surface area contributed by atoms with Gasteiger partial charge in [0.15, 0.2) is 0 Å². The molecule has 0 saturated heterocycles. The molecule has 2 aromatic carbocycles. The minimum Gasteiger partial charge on any atom is -0.508 e. The first kappa shape index (κ1) is 14.4. The summed E-state index contributed by atoms with van der Waals surface area (Å²) in [6.07, 6.45) is -0.373. The largest absolute Gasteiger partial charge is 0.508 e. The van der Waals surface area contributed by atoms with E-state index >= 15 is 0 Å². The van der Waals surface area contributed by atoms with Crippen molar-refractivity contribution in [3.05, 3.63) is 59.1 Å².